The van der Waals surface area contributed by atoms with Crippen molar-refractivity contribution in [2.45, 2.75) is 75.5 Å². The van der Waals surface area contributed by atoms with E-state index >= 15 is 0 Å². The molecular weight excluding hydrogens is 512 g/mol. The second kappa shape index (κ2) is 11.5. The Balaban J connectivity index is 1.43. The van der Waals surface area contributed by atoms with Gasteiger partial charge in [-0.15, -0.1) is 11.8 Å². The van der Waals surface area contributed by atoms with Gasteiger partial charge >= 0.3 is 5.97 Å². The number of ether oxygens (including phenoxy) is 1. The fourth-order valence-electron chi connectivity index (χ4n) is 7.18. The van der Waals surface area contributed by atoms with Gasteiger partial charge in [-0.3, -0.25) is 4.79 Å². The van der Waals surface area contributed by atoms with Crippen molar-refractivity contribution in [2.75, 3.05) is 35.8 Å². The molecule has 2 aromatic rings. The van der Waals surface area contributed by atoms with Crippen molar-refractivity contribution in [3.05, 3.63) is 95.7 Å². The Bertz CT molecular complexity index is 1330. The summed E-state index contributed by atoms with van der Waals surface area (Å²) in [5.41, 5.74) is 6.79. The van der Waals surface area contributed by atoms with Crippen LogP contribution in [0.15, 0.2) is 84.6 Å². The Morgan fingerprint density at radius 1 is 0.975 bits per heavy atom. The summed E-state index contributed by atoms with van der Waals surface area (Å²) in [5, 5.41) is 0. The van der Waals surface area contributed by atoms with E-state index in [4.69, 9.17) is 4.74 Å². The fourth-order valence-corrected chi connectivity index (χ4v) is 8.82. The minimum atomic E-state index is -0.143. The molecule has 1 saturated heterocycles. The number of hydrogen-bond donors (Lipinski definition) is 0. The molecule has 0 N–H and O–H groups in total. The molecule has 40 heavy (non-hydrogen) atoms. The number of esters is 1. The molecule has 2 atom stereocenters. The van der Waals surface area contributed by atoms with Crippen molar-refractivity contribution in [1.29, 1.82) is 0 Å². The molecule has 5 rings (SSSR count). The lowest BCUT2D eigenvalue weighted by molar-refractivity contribution is -0.140. The smallest absolute Gasteiger partial charge is 0.305 e. The Labute approximate surface area is 245 Å². The van der Waals surface area contributed by atoms with Gasteiger partial charge in [0.25, 0.3) is 0 Å². The average Bonchev–Trinajstić information content (AvgIpc) is 3.33. The lowest BCUT2D eigenvalue weighted by Gasteiger charge is -2.50. The minimum Gasteiger partial charge on any atom is -0.469 e. The van der Waals surface area contributed by atoms with Gasteiger partial charge in [-0.05, 0) is 67.4 Å². The molecule has 4 nitrogen and oxygen atoms in total. The molecule has 0 spiro atoms. The highest BCUT2D eigenvalue weighted by Gasteiger charge is 2.58. The van der Waals surface area contributed by atoms with Crippen LogP contribution in [0.1, 0.15) is 70.9 Å². The summed E-state index contributed by atoms with van der Waals surface area (Å²) in [6.45, 7) is 11.3. The van der Waals surface area contributed by atoms with Gasteiger partial charge < -0.3 is 14.5 Å². The topological polar surface area (TPSA) is 32.8 Å². The second-order valence-corrected chi connectivity index (χ2v) is 13.2. The standard InChI is InChI=1S/C35H44N2O2S/c1-6-36-29-19-11-9-17-27(29)33(2,3)31(36)21-8-7-14-24-35-34(4,23-15-13-22-32(38)39-5)28-18-10-12-20-30(28)37(35)25-16-26-40-35/h7-12,14,17-21,24H,6,13,15-16,22-23,25-26H2,1-5H3/b8-7+,24-14+,31-21+. The van der Waals surface area contributed by atoms with E-state index < -0.39 is 0 Å². The Kier molecular flexibility index (Phi) is 8.24. The van der Waals surface area contributed by atoms with Crippen molar-refractivity contribution >= 4 is 29.1 Å². The van der Waals surface area contributed by atoms with Gasteiger partial charge in [0.2, 0.25) is 0 Å². The predicted molar refractivity (Wildman–Crippen MR) is 170 cm³/mol. The first-order chi connectivity index (χ1) is 19.3. The number of anilines is 2. The van der Waals surface area contributed by atoms with Gasteiger partial charge in [0.15, 0.2) is 0 Å². The van der Waals surface area contributed by atoms with Crippen molar-refractivity contribution in [3.8, 4) is 0 Å². The molecule has 0 saturated carbocycles. The molecule has 2 unspecified atom stereocenters. The highest BCUT2D eigenvalue weighted by atomic mass is 32.2. The van der Waals surface area contributed by atoms with Gasteiger partial charge in [0.05, 0.1) is 7.11 Å². The van der Waals surface area contributed by atoms with E-state index in [1.165, 1.54) is 41.7 Å². The summed E-state index contributed by atoms with van der Waals surface area (Å²) in [6, 6.07) is 17.8. The number of hydrogen-bond acceptors (Lipinski definition) is 5. The molecule has 5 heteroatoms. The molecule has 0 aliphatic carbocycles. The molecule has 0 amide bonds. The number of likely N-dealkylation sites (N-methyl/N-ethyl adjacent to an activating group) is 1. The fraction of sp³-hybridized carbons (Fsp3) is 0.457. The number of carbonyl (C=O) groups is 1. The Hall–Kier alpha value is -2.92. The van der Waals surface area contributed by atoms with Crippen molar-refractivity contribution in [2.24, 2.45) is 0 Å². The molecular formula is C35H44N2O2S. The number of carbonyl (C=O) groups excluding carboxylic acids is 1. The van der Waals surface area contributed by atoms with E-state index in [1.807, 2.05) is 0 Å². The van der Waals surface area contributed by atoms with E-state index in [0.29, 0.717) is 6.42 Å². The van der Waals surface area contributed by atoms with E-state index in [9.17, 15) is 4.79 Å². The van der Waals surface area contributed by atoms with Crippen LogP contribution in [-0.4, -0.2) is 36.8 Å². The molecule has 1 fully saturated rings. The summed E-state index contributed by atoms with van der Waals surface area (Å²) >= 11 is 2.08. The molecule has 0 aromatic heterocycles. The summed E-state index contributed by atoms with van der Waals surface area (Å²) in [7, 11) is 1.48. The third-order valence-corrected chi connectivity index (χ3v) is 11.0. The highest BCUT2D eigenvalue weighted by molar-refractivity contribution is 8.01. The zero-order valence-electron chi connectivity index (χ0n) is 24.8. The maximum Gasteiger partial charge on any atom is 0.305 e. The van der Waals surface area contributed by atoms with Gasteiger partial charge in [0, 0.05) is 47.4 Å². The zero-order chi connectivity index (χ0) is 28.4. The van der Waals surface area contributed by atoms with Crippen LogP contribution < -0.4 is 9.80 Å². The molecule has 0 bridgehead atoms. The van der Waals surface area contributed by atoms with Crippen LogP contribution in [0.5, 0.6) is 0 Å². The number of rotatable bonds is 9. The number of para-hydroxylation sites is 2. The first kappa shape index (κ1) is 28.6. The first-order valence-corrected chi connectivity index (χ1v) is 15.8. The van der Waals surface area contributed by atoms with Crippen LogP contribution >= 0.6 is 11.8 Å². The van der Waals surface area contributed by atoms with Crippen molar-refractivity contribution < 1.29 is 9.53 Å². The molecule has 3 heterocycles. The van der Waals surface area contributed by atoms with E-state index in [-0.39, 0.29) is 21.7 Å². The van der Waals surface area contributed by atoms with Crippen LogP contribution in [0.2, 0.25) is 0 Å². The van der Waals surface area contributed by atoms with Crippen LogP contribution in [0, 0.1) is 0 Å². The first-order valence-electron chi connectivity index (χ1n) is 14.8. The number of benzene rings is 2. The highest BCUT2D eigenvalue weighted by Crippen LogP contribution is 2.61. The van der Waals surface area contributed by atoms with E-state index in [1.54, 1.807) is 0 Å². The van der Waals surface area contributed by atoms with E-state index in [2.05, 4.69) is 128 Å². The maximum atomic E-state index is 11.8. The Morgan fingerprint density at radius 2 is 1.70 bits per heavy atom. The zero-order valence-corrected chi connectivity index (χ0v) is 25.6. The molecule has 212 valence electrons. The van der Waals surface area contributed by atoms with Crippen molar-refractivity contribution in [1.82, 2.24) is 0 Å². The second-order valence-electron chi connectivity index (χ2n) is 11.9. The number of methoxy groups -OCH3 is 1. The lowest BCUT2D eigenvalue weighted by Crippen LogP contribution is -2.55. The van der Waals surface area contributed by atoms with Crippen molar-refractivity contribution in [3.63, 3.8) is 0 Å². The van der Waals surface area contributed by atoms with Gasteiger partial charge in [0.1, 0.15) is 4.87 Å². The third-order valence-electron chi connectivity index (χ3n) is 9.28. The predicted octanol–water partition coefficient (Wildman–Crippen LogP) is 8.14. The van der Waals surface area contributed by atoms with Crippen LogP contribution in [-0.2, 0) is 20.4 Å². The third kappa shape index (κ3) is 4.70. The van der Waals surface area contributed by atoms with Gasteiger partial charge in [-0.1, -0.05) is 81.8 Å². The lowest BCUT2D eigenvalue weighted by atomic mass is 9.73. The summed E-state index contributed by atoms with van der Waals surface area (Å²) in [6.07, 6.45) is 16.0. The maximum absolute atomic E-state index is 11.8. The van der Waals surface area contributed by atoms with Gasteiger partial charge in [-0.2, -0.15) is 0 Å². The monoisotopic (exact) mass is 556 g/mol. The van der Waals surface area contributed by atoms with Crippen LogP contribution in [0.4, 0.5) is 11.4 Å². The number of unbranched alkanes of at least 4 members (excludes halogenated alkanes) is 1. The summed E-state index contributed by atoms with van der Waals surface area (Å²) in [5.74, 6) is 1.04. The SMILES string of the molecule is CCN1/C(=C/C=C/C=C/C23SCCCN2c2ccccc2C3(C)CCCCC(=O)OC)C(C)(C)c2ccccc21. The largest absolute Gasteiger partial charge is 0.469 e. The number of allylic oxidation sites excluding steroid dienone is 5. The van der Waals surface area contributed by atoms with Crippen LogP contribution in [0.3, 0.4) is 0 Å². The van der Waals surface area contributed by atoms with E-state index in [0.717, 1.165) is 38.1 Å². The molecule has 2 aromatic carbocycles. The normalized spacial score (nSPS) is 26.0. The minimum absolute atomic E-state index is 0.0226. The molecule has 3 aliphatic heterocycles. The quantitative estimate of drug-likeness (QED) is 0.177. The number of thioether (sulfide) groups is 1. The van der Waals surface area contributed by atoms with Crippen LogP contribution in [0.25, 0.3) is 0 Å². The number of fused-ring (bicyclic) bond motifs is 4. The molecule has 3 aliphatic rings. The summed E-state index contributed by atoms with van der Waals surface area (Å²) < 4.78 is 4.89. The Morgan fingerprint density at radius 3 is 2.45 bits per heavy atom. The number of nitrogens with zero attached hydrogens (tertiary/aromatic N) is 2. The summed E-state index contributed by atoms with van der Waals surface area (Å²) in [4.78, 5) is 16.7. The van der Waals surface area contributed by atoms with Gasteiger partial charge in [-0.25, -0.2) is 0 Å². The molecule has 0 radical (unpaired) electrons. The average molecular weight is 557 g/mol.